The van der Waals surface area contributed by atoms with Crippen molar-refractivity contribution in [3.8, 4) is 0 Å². The van der Waals surface area contributed by atoms with E-state index in [1.54, 1.807) is 0 Å². The summed E-state index contributed by atoms with van der Waals surface area (Å²) in [6.45, 7) is 3.77. The zero-order valence-electron chi connectivity index (χ0n) is 11.6. The molecular formula is C12H27N3O2S. The standard InChI is InChI=1S/C12H27N3O2S/c1-3-6-11-7-4-5-8-12(11)15(2)10-9-14-18(16)17-13/h11-12,14H,3-10,13H2,1-2H3/t11-,12+,18?/m1/s1. The van der Waals surface area contributed by atoms with Gasteiger partial charge in [-0.25, -0.2) is 8.93 Å². The van der Waals surface area contributed by atoms with Gasteiger partial charge in [0.2, 0.25) is 0 Å². The Morgan fingerprint density at radius 1 is 1.44 bits per heavy atom. The number of hydrogen-bond donors (Lipinski definition) is 2. The van der Waals surface area contributed by atoms with E-state index < -0.39 is 11.3 Å². The van der Waals surface area contributed by atoms with Crippen LogP contribution in [0, 0.1) is 5.92 Å². The molecule has 1 aliphatic rings. The molecule has 0 aromatic heterocycles. The van der Waals surface area contributed by atoms with Gasteiger partial charge in [0, 0.05) is 19.1 Å². The lowest BCUT2D eigenvalue weighted by Crippen LogP contribution is -2.43. The quantitative estimate of drug-likeness (QED) is 0.657. The van der Waals surface area contributed by atoms with Gasteiger partial charge in [-0.05, 0) is 32.2 Å². The molecule has 0 heterocycles. The minimum Gasteiger partial charge on any atom is -0.302 e. The first-order valence-corrected chi connectivity index (χ1v) is 7.99. The molecule has 0 bridgehead atoms. The molecule has 0 spiro atoms. The number of nitrogens with zero attached hydrogens (tertiary/aromatic N) is 1. The van der Waals surface area contributed by atoms with Crippen LogP contribution in [0.1, 0.15) is 45.4 Å². The Kier molecular flexibility index (Phi) is 8.01. The predicted molar refractivity (Wildman–Crippen MR) is 74.7 cm³/mol. The van der Waals surface area contributed by atoms with Crippen LogP contribution < -0.4 is 10.6 Å². The van der Waals surface area contributed by atoms with Crippen LogP contribution in [-0.4, -0.2) is 35.3 Å². The van der Waals surface area contributed by atoms with Crippen molar-refractivity contribution < 1.29 is 8.49 Å². The highest BCUT2D eigenvalue weighted by Gasteiger charge is 2.27. The second-order valence-corrected chi connectivity index (χ2v) is 6.06. The van der Waals surface area contributed by atoms with Gasteiger partial charge in [-0.15, -0.1) is 0 Å². The van der Waals surface area contributed by atoms with E-state index in [1.165, 1.54) is 38.5 Å². The SMILES string of the molecule is CCC[C@@H]1CCCC[C@@H]1N(C)CCNS(=O)ON. The molecule has 0 aromatic carbocycles. The zero-order chi connectivity index (χ0) is 13.4. The molecule has 1 rings (SSSR count). The molecule has 108 valence electrons. The van der Waals surface area contributed by atoms with E-state index in [0.29, 0.717) is 12.6 Å². The highest BCUT2D eigenvalue weighted by Crippen LogP contribution is 2.30. The summed E-state index contributed by atoms with van der Waals surface area (Å²) in [7, 11) is 2.16. The highest BCUT2D eigenvalue weighted by atomic mass is 32.2. The molecule has 1 aliphatic carbocycles. The molecule has 1 saturated carbocycles. The van der Waals surface area contributed by atoms with E-state index in [1.807, 2.05) is 0 Å². The lowest BCUT2D eigenvalue weighted by molar-refractivity contribution is 0.125. The van der Waals surface area contributed by atoms with Crippen molar-refractivity contribution in [3.63, 3.8) is 0 Å². The second kappa shape index (κ2) is 8.98. The first kappa shape index (κ1) is 16.0. The minimum absolute atomic E-state index is 0.635. The number of likely N-dealkylation sites (N-methyl/N-ethyl adjacent to an activating group) is 1. The van der Waals surface area contributed by atoms with E-state index in [9.17, 15) is 4.21 Å². The van der Waals surface area contributed by atoms with Crippen molar-refractivity contribution in [2.75, 3.05) is 20.1 Å². The lowest BCUT2D eigenvalue weighted by atomic mass is 9.81. The normalized spacial score (nSPS) is 26.4. The molecule has 5 nitrogen and oxygen atoms in total. The Hall–Kier alpha value is -0.0100. The van der Waals surface area contributed by atoms with E-state index in [-0.39, 0.29) is 0 Å². The fourth-order valence-corrected chi connectivity index (χ4v) is 3.31. The van der Waals surface area contributed by atoms with Crippen LogP contribution in [-0.2, 0) is 15.6 Å². The van der Waals surface area contributed by atoms with E-state index in [4.69, 9.17) is 5.90 Å². The van der Waals surface area contributed by atoms with Crippen molar-refractivity contribution >= 4 is 11.3 Å². The monoisotopic (exact) mass is 277 g/mol. The number of nitrogens with one attached hydrogen (secondary N) is 1. The first-order valence-electron chi connectivity index (χ1n) is 6.91. The summed E-state index contributed by atoms with van der Waals surface area (Å²) in [6.07, 6.45) is 7.93. The highest BCUT2D eigenvalue weighted by molar-refractivity contribution is 7.78. The van der Waals surface area contributed by atoms with Crippen molar-refractivity contribution in [3.05, 3.63) is 0 Å². The van der Waals surface area contributed by atoms with Gasteiger partial charge in [-0.3, -0.25) is 0 Å². The molecule has 1 fully saturated rings. The fourth-order valence-electron chi connectivity index (χ4n) is 2.98. The molecule has 0 amide bonds. The van der Waals surface area contributed by atoms with Gasteiger partial charge in [0.05, 0.1) is 0 Å². The molecule has 0 radical (unpaired) electrons. The molecule has 3 N–H and O–H groups in total. The smallest absolute Gasteiger partial charge is 0.251 e. The first-order chi connectivity index (χ1) is 8.69. The van der Waals surface area contributed by atoms with Crippen molar-refractivity contribution in [1.82, 2.24) is 9.62 Å². The van der Waals surface area contributed by atoms with Gasteiger partial charge >= 0.3 is 0 Å². The maximum atomic E-state index is 11.0. The maximum absolute atomic E-state index is 11.0. The van der Waals surface area contributed by atoms with Crippen molar-refractivity contribution in [2.24, 2.45) is 11.8 Å². The maximum Gasteiger partial charge on any atom is 0.251 e. The van der Waals surface area contributed by atoms with Gasteiger partial charge in [0.15, 0.2) is 0 Å². The molecule has 0 aromatic rings. The Balaban J connectivity index is 2.33. The molecule has 3 atom stereocenters. The molecule has 6 heteroatoms. The van der Waals surface area contributed by atoms with Gasteiger partial charge < -0.3 is 4.90 Å². The molecule has 1 unspecified atom stereocenters. The predicted octanol–water partition coefficient (Wildman–Crippen LogP) is 1.34. The third kappa shape index (κ3) is 5.32. The van der Waals surface area contributed by atoms with E-state index >= 15 is 0 Å². The van der Waals surface area contributed by atoms with Crippen LogP contribution in [0.5, 0.6) is 0 Å². The Bertz CT molecular complexity index is 251. The third-order valence-electron chi connectivity index (χ3n) is 3.87. The van der Waals surface area contributed by atoms with Crippen LogP contribution in [0.2, 0.25) is 0 Å². The average Bonchev–Trinajstić information content (AvgIpc) is 2.39. The van der Waals surface area contributed by atoms with E-state index in [2.05, 4.69) is 27.9 Å². The van der Waals surface area contributed by atoms with Crippen molar-refractivity contribution in [1.29, 1.82) is 0 Å². The molecule has 0 aliphatic heterocycles. The summed E-state index contributed by atoms with van der Waals surface area (Å²) in [6, 6.07) is 0.674. The Morgan fingerprint density at radius 2 is 2.17 bits per heavy atom. The largest absolute Gasteiger partial charge is 0.302 e. The number of nitrogens with two attached hydrogens (primary N) is 1. The topological polar surface area (TPSA) is 67.6 Å². The van der Waals surface area contributed by atoms with Crippen LogP contribution in [0.25, 0.3) is 0 Å². The van der Waals surface area contributed by atoms with Crippen molar-refractivity contribution in [2.45, 2.75) is 51.5 Å². The van der Waals surface area contributed by atoms with Crippen LogP contribution in [0.15, 0.2) is 0 Å². The average molecular weight is 277 g/mol. The molecule has 18 heavy (non-hydrogen) atoms. The van der Waals surface area contributed by atoms with Gasteiger partial charge in [0.25, 0.3) is 11.3 Å². The summed E-state index contributed by atoms with van der Waals surface area (Å²) >= 11 is -1.56. The van der Waals surface area contributed by atoms with Gasteiger partial charge in [0.1, 0.15) is 0 Å². The van der Waals surface area contributed by atoms with Crippen LogP contribution in [0.3, 0.4) is 0 Å². The number of hydrogen-bond acceptors (Lipinski definition) is 4. The summed E-state index contributed by atoms with van der Waals surface area (Å²) in [5, 5.41) is 0. The van der Waals surface area contributed by atoms with Crippen LogP contribution >= 0.6 is 0 Å². The van der Waals surface area contributed by atoms with Gasteiger partial charge in [-0.1, -0.05) is 26.2 Å². The molecular weight excluding hydrogens is 250 g/mol. The third-order valence-corrected chi connectivity index (χ3v) is 4.48. The Labute approximate surface area is 113 Å². The van der Waals surface area contributed by atoms with Crippen LogP contribution in [0.4, 0.5) is 0 Å². The summed E-state index contributed by atoms with van der Waals surface area (Å²) in [5.41, 5.74) is 0. The summed E-state index contributed by atoms with van der Waals surface area (Å²) in [5.74, 6) is 5.64. The van der Waals surface area contributed by atoms with E-state index in [0.717, 1.165) is 12.5 Å². The second-order valence-electron chi connectivity index (χ2n) is 5.11. The Morgan fingerprint density at radius 3 is 2.83 bits per heavy atom. The molecule has 0 saturated heterocycles. The fraction of sp³-hybridized carbons (Fsp3) is 1.00. The minimum atomic E-state index is -1.56. The summed E-state index contributed by atoms with van der Waals surface area (Å²) in [4.78, 5) is 2.39. The summed E-state index contributed by atoms with van der Waals surface area (Å²) < 4.78 is 17.9. The number of rotatable bonds is 8. The zero-order valence-corrected chi connectivity index (χ0v) is 12.4. The van der Waals surface area contributed by atoms with Gasteiger partial charge in [-0.2, -0.15) is 10.2 Å². The lowest BCUT2D eigenvalue weighted by Gasteiger charge is -2.38.